The maximum atomic E-state index is 11.2. The van der Waals surface area contributed by atoms with Crippen molar-refractivity contribution in [3.8, 4) is 0 Å². The molecular formula is C11H20BrNO4. The third kappa shape index (κ3) is 11.5. The summed E-state index contributed by atoms with van der Waals surface area (Å²) in [6.45, 7) is 5.78. The molecule has 0 aromatic rings. The van der Waals surface area contributed by atoms with Crippen molar-refractivity contribution in [3.05, 3.63) is 0 Å². The molecule has 0 spiro atoms. The smallest absolute Gasteiger partial charge is 0.407 e. The van der Waals surface area contributed by atoms with E-state index in [1.165, 1.54) is 0 Å². The SMILES string of the molecule is CC(C)(C)OC(=O)NCCOC(=O)CCCBr. The average Bonchev–Trinajstić information content (AvgIpc) is 2.19. The van der Waals surface area contributed by atoms with E-state index in [0.29, 0.717) is 6.42 Å². The van der Waals surface area contributed by atoms with Crippen LogP contribution in [0.5, 0.6) is 0 Å². The van der Waals surface area contributed by atoms with E-state index in [1.54, 1.807) is 20.8 Å². The maximum absolute atomic E-state index is 11.2. The highest BCUT2D eigenvalue weighted by Gasteiger charge is 2.15. The van der Waals surface area contributed by atoms with Gasteiger partial charge in [0.1, 0.15) is 12.2 Å². The van der Waals surface area contributed by atoms with Gasteiger partial charge in [0.15, 0.2) is 0 Å². The Morgan fingerprint density at radius 2 is 1.94 bits per heavy atom. The Kier molecular flexibility index (Phi) is 7.95. The number of hydrogen-bond acceptors (Lipinski definition) is 4. The number of carbonyl (C=O) groups is 2. The number of amides is 1. The van der Waals surface area contributed by atoms with Crippen LogP contribution in [0, 0.1) is 0 Å². The molecule has 0 aromatic carbocycles. The van der Waals surface area contributed by atoms with Gasteiger partial charge in [-0.1, -0.05) is 15.9 Å². The molecule has 0 bridgehead atoms. The molecule has 100 valence electrons. The Morgan fingerprint density at radius 1 is 1.29 bits per heavy atom. The van der Waals surface area contributed by atoms with E-state index in [9.17, 15) is 9.59 Å². The van der Waals surface area contributed by atoms with Gasteiger partial charge in [-0.3, -0.25) is 4.79 Å². The molecule has 0 aromatic heterocycles. The molecule has 0 radical (unpaired) electrons. The van der Waals surface area contributed by atoms with Gasteiger partial charge < -0.3 is 14.8 Å². The minimum absolute atomic E-state index is 0.167. The van der Waals surface area contributed by atoms with E-state index in [1.807, 2.05) is 0 Å². The predicted octanol–water partition coefficient (Wildman–Crippen LogP) is 2.23. The maximum Gasteiger partial charge on any atom is 0.407 e. The van der Waals surface area contributed by atoms with Crippen molar-refractivity contribution in [2.24, 2.45) is 0 Å². The number of halogens is 1. The number of hydrogen-bond donors (Lipinski definition) is 1. The summed E-state index contributed by atoms with van der Waals surface area (Å²) in [6, 6.07) is 0. The minimum atomic E-state index is -0.517. The summed E-state index contributed by atoms with van der Waals surface area (Å²) >= 11 is 3.23. The van der Waals surface area contributed by atoms with Gasteiger partial charge in [0, 0.05) is 11.8 Å². The standard InChI is InChI=1S/C11H20BrNO4/c1-11(2,3)17-10(15)13-7-8-16-9(14)5-4-6-12/h4-8H2,1-3H3,(H,13,15). The Hall–Kier alpha value is -0.780. The number of alkyl halides is 1. The molecule has 0 saturated carbocycles. The average molecular weight is 310 g/mol. The molecule has 17 heavy (non-hydrogen) atoms. The number of nitrogens with one attached hydrogen (secondary N) is 1. The van der Waals surface area contributed by atoms with Crippen molar-refractivity contribution < 1.29 is 19.1 Å². The molecule has 0 aliphatic carbocycles. The largest absolute Gasteiger partial charge is 0.464 e. The molecule has 0 aliphatic heterocycles. The van der Waals surface area contributed by atoms with Gasteiger partial charge in [-0.15, -0.1) is 0 Å². The number of alkyl carbamates (subject to hydrolysis) is 1. The van der Waals surface area contributed by atoms with Crippen molar-refractivity contribution in [1.82, 2.24) is 5.32 Å². The van der Waals surface area contributed by atoms with Gasteiger partial charge in [0.2, 0.25) is 0 Å². The van der Waals surface area contributed by atoms with Crippen LogP contribution in [0.4, 0.5) is 4.79 Å². The highest BCUT2D eigenvalue weighted by atomic mass is 79.9. The molecule has 0 saturated heterocycles. The van der Waals surface area contributed by atoms with Crippen LogP contribution in [-0.4, -0.2) is 36.1 Å². The summed E-state index contributed by atoms with van der Waals surface area (Å²) in [5.41, 5.74) is -0.517. The number of rotatable bonds is 6. The van der Waals surface area contributed by atoms with Gasteiger partial charge in [-0.05, 0) is 27.2 Å². The first-order valence-electron chi connectivity index (χ1n) is 5.53. The lowest BCUT2D eigenvalue weighted by Gasteiger charge is -2.19. The van der Waals surface area contributed by atoms with E-state index in [4.69, 9.17) is 9.47 Å². The Morgan fingerprint density at radius 3 is 2.47 bits per heavy atom. The lowest BCUT2D eigenvalue weighted by Crippen LogP contribution is -2.34. The zero-order chi connectivity index (χ0) is 13.3. The molecule has 0 rings (SSSR count). The molecule has 0 unspecified atom stereocenters. The van der Waals surface area contributed by atoms with Crippen molar-refractivity contribution in [1.29, 1.82) is 0 Å². The zero-order valence-corrected chi connectivity index (χ0v) is 12.1. The Balaban J connectivity index is 3.51. The third-order valence-electron chi connectivity index (χ3n) is 1.55. The van der Waals surface area contributed by atoms with Crippen LogP contribution in [0.15, 0.2) is 0 Å². The predicted molar refractivity (Wildman–Crippen MR) is 68.2 cm³/mol. The second-order valence-corrected chi connectivity index (χ2v) is 5.23. The fourth-order valence-electron chi connectivity index (χ4n) is 0.915. The van der Waals surface area contributed by atoms with E-state index >= 15 is 0 Å². The summed E-state index contributed by atoms with van der Waals surface area (Å²) in [5.74, 6) is -0.254. The number of esters is 1. The highest BCUT2D eigenvalue weighted by molar-refractivity contribution is 9.09. The molecule has 0 fully saturated rings. The molecule has 1 N–H and O–H groups in total. The van der Waals surface area contributed by atoms with Gasteiger partial charge in [-0.25, -0.2) is 4.79 Å². The molecule has 0 atom stereocenters. The highest BCUT2D eigenvalue weighted by Crippen LogP contribution is 2.06. The Bertz CT molecular complexity index is 250. The van der Waals surface area contributed by atoms with Gasteiger partial charge in [-0.2, -0.15) is 0 Å². The molecular weight excluding hydrogens is 290 g/mol. The summed E-state index contributed by atoms with van der Waals surface area (Å²) in [5, 5.41) is 3.28. The van der Waals surface area contributed by atoms with Crippen LogP contribution in [0.2, 0.25) is 0 Å². The fraction of sp³-hybridized carbons (Fsp3) is 0.818. The van der Waals surface area contributed by atoms with Gasteiger partial charge in [0.05, 0.1) is 6.54 Å². The topological polar surface area (TPSA) is 64.6 Å². The van der Waals surface area contributed by atoms with E-state index in [2.05, 4.69) is 21.2 Å². The van der Waals surface area contributed by atoms with Crippen LogP contribution in [0.25, 0.3) is 0 Å². The third-order valence-corrected chi connectivity index (χ3v) is 2.11. The lowest BCUT2D eigenvalue weighted by atomic mass is 10.2. The van der Waals surface area contributed by atoms with Gasteiger partial charge >= 0.3 is 12.1 Å². The summed E-state index contributed by atoms with van der Waals surface area (Å²) in [4.78, 5) is 22.3. The second kappa shape index (κ2) is 8.33. The second-order valence-electron chi connectivity index (χ2n) is 4.44. The first kappa shape index (κ1) is 16.2. The van der Waals surface area contributed by atoms with Crippen LogP contribution >= 0.6 is 15.9 Å². The first-order chi connectivity index (χ1) is 7.85. The van der Waals surface area contributed by atoms with Crippen LogP contribution in [0.3, 0.4) is 0 Å². The van der Waals surface area contributed by atoms with Crippen LogP contribution < -0.4 is 5.32 Å². The van der Waals surface area contributed by atoms with E-state index in [0.717, 1.165) is 11.8 Å². The van der Waals surface area contributed by atoms with Crippen LogP contribution in [0.1, 0.15) is 33.6 Å². The monoisotopic (exact) mass is 309 g/mol. The van der Waals surface area contributed by atoms with Crippen molar-refractivity contribution in [2.75, 3.05) is 18.5 Å². The van der Waals surface area contributed by atoms with Gasteiger partial charge in [0.25, 0.3) is 0 Å². The van der Waals surface area contributed by atoms with E-state index in [-0.39, 0.29) is 19.1 Å². The number of carbonyl (C=O) groups excluding carboxylic acids is 2. The molecule has 0 heterocycles. The normalized spacial score (nSPS) is 10.8. The molecule has 0 aliphatic rings. The lowest BCUT2D eigenvalue weighted by molar-refractivity contribution is -0.143. The Labute approximate surface area is 110 Å². The molecule has 1 amide bonds. The van der Waals surface area contributed by atoms with Crippen molar-refractivity contribution >= 4 is 28.0 Å². The molecule has 5 nitrogen and oxygen atoms in total. The minimum Gasteiger partial charge on any atom is -0.464 e. The van der Waals surface area contributed by atoms with E-state index < -0.39 is 11.7 Å². The summed E-state index contributed by atoms with van der Waals surface area (Å²) in [6.07, 6.45) is 0.629. The van der Waals surface area contributed by atoms with Crippen molar-refractivity contribution in [3.63, 3.8) is 0 Å². The fourth-order valence-corrected chi connectivity index (χ4v) is 1.20. The first-order valence-corrected chi connectivity index (χ1v) is 6.66. The van der Waals surface area contributed by atoms with Crippen LogP contribution in [-0.2, 0) is 14.3 Å². The summed E-state index contributed by atoms with van der Waals surface area (Å²) < 4.78 is 9.91. The molecule has 6 heteroatoms. The number of ether oxygens (including phenoxy) is 2. The zero-order valence-electron chi connectivity index (χ0n) is 10.5. The summed E-state index contributed by atoms with van der Waals surface area (Å²) in [7, 11) is 0. The van der Waals surface area contributed by atoms with Crippen molar-refractivity contribution in [2.45, 2.75) is 39.2 Å². The quantitative estimate of drug-likeness (QED) is 0.464.